The molecule has 0 atom stereocenters. The Labute approximate surface area is 206 Å². The lowest BCUT2D eigenvalue weighted by atomic mass is 9.98. The van der Waals surface area contributed by atoms with Crippen LogP contribution < -0.4 is 5.32 Å². The van der Waals surface area contributed by atoms with E-state index in [9.17, 15) is 22.8 Å². The second-order valence-corrected chi connectivity index (χ2v) is 8.60. The molecule has 0 bridgehead atoms. The van der Waals surface area contributed by atoms with Gasteiger partial charge in [0, 0.05) is 23.3 Å². The van der Waals surface area contributed by atoms with Gasteiger partial charge < -0.3 is 14.6 Å². The van der Waals surface area contributed by atoms with Crippen molar-refractivity contribution in [1.29, 1.82) is 0 Å². The van der Waals surface area contributed by atoms with Crippen molar-refractivity contribution in [2.45, 2.75) is 45.3 Å². The maximum Gasteiger partial charge on any atom is 0.416 e. The van der Waals surface area contributed by atoms with E-state index in [2.05, 4.69) is 10.5 Å². The van der Waals surface area contributed by atoms with Gasteiger partial charge in [0.15, 0.2) is 5.78 Å². The zero-order valence-electron chi connectivity index (χ0n) is 19.9. The molecular formula is C27H25F3N2O4. The van der Waals surface area contributed by atoms with Gasteiger partial charge in [-0.05, 0) is 55.0 Å². The van der Waals surface area contributed by atoms with E-state index in [1.54, 1.807) is 6.92 Å². The summed E-state index contributed by atoms with van der Waals surface area (Å²) in [5.74, 6) is -0.596. The third kappa shape index (κ3) is 5.50. The molecule has 0 radical (unpaired) electrons. The van der Waals surface area contributed by atoms with Gasteiger partial charge in [-0.3, -0.25) is 4.79 Å². The normalized spacial score (nSPS) is 13.7. The molecule has 1 aliphatic carbocycles. The number of hydrogen-bond donors (Lipinski definition) is 1. The molecule has 0 fully saturated rings. The molecule has 1 aliphatic rings. The van der Waals surface area contributed by atoms with Gasteiger partial charge in [0.05, 0.1) is 19.2 Å². The van der Waals surface area contributed by atoms with E-state index in [1.165, 1.54) is 19.2 Å². The molecule has 188 valence electrons. The second kappa shape index (κ2) is 10.4. The lowest BCUT2D eigenvalue weighted by molar-refractivity contribution is -0.137. The molecule has 9 heteroatoms. The summed E-state index contributed by atoms with van der Waals surface area (Å²) in [5.41, 5.74) is 4.34. The monoisotopic (exact) mass is 498 g/mol. The van der Waals surface area contributed by atoms with Crippen molar-refractivity contribution >= 4 is 11.8 Å². The third-order valence-electron chi connectivity index (χ3n) is 6.23. The van der Waals surface area contributed by atoms with E-state index in [4.69, 9.17) is 9.26 Å². The Balaban J connectivity index is 1.54. The van der Waals surface area contributed by atoms with E-state index in [1.807, 2.05) is 24.3 Å². The first-order valence-corrected chi connectivity index (χ1v) is 11.5. The summed E-state index contributed by atoms with van der Waals surface area (Å²) < 4.78 is 48.6. The van der Waals surface area contributed by atoms with Crippen LogP contribution in [-0.4, -0.2) is 24.0 Å². The minimum Gasteiger partial charge on any atom is -0.463 e. The number of carbonyl (C=O) groups is 2. The van der Waals surface area contributed by atoms with Gasteiger partial charge >= 0.3 is 12.1 Å². The molecule has 0 saturated carbocycles. The highest BCUT2D eigenvalue weighted by Crippen LogP contribution is 2.31. The SMILES string of the molecule is COC(=O)c1onc(CNC2=C(C(C)=O)CCC2)c1Cc1ccc(-c2ccc(C(F)(F)F)cc2)cc1. The van der Waals surface area contributed by atoms with E-state index in [0.29, 0.717) is 23.2 Å². The highest BCUT2D eigenvalue weighted by Gasteiger charge is 2.30. The number of esters is 1. The average molecular weight is 499 g/mol. The minimum absolute atomic E-state index is 0.00769. The van der Waals surface area contributed by atoms with Gasteiger partial charge in [-0.2, -0.15) is 13.2 Å². The van der Waals surface area contributed by atoms with E-state index in [0.717, 1.165) is 53.8 Å². The van der Waals surface area contributed by atoms with Crippen LogP contribution in [0.1, 0.15) is 59.1 Å². The molecular weight excluding hydrogens is 473 g/mol. The summed E-state index contributed by atoms with van der Waals surface area (Å²) in [5, 5.41) is 7.34. The van der Waals surface area contributed by atoms with Crippen molar-refractivity contribution in [3.63, 3.8) is 0 Å². The molecule has 6 nitrogen and oxygen atoms in total. The van der Waals surface area contributed by atoms with Crippen LogP contribution in [0.2, 0.25) is 0 Å². The number of methoxy groups -OCH3 is 1. The Morgan fingerprint density at radius 3 is 2.25 bits per heavy atom. The minimum atomic E-state index is -4.38. The predicted molar refractivity (Wildman–Crippen MR) is 126 cm³/mol. The number of nitrogens with one attached hydrogen (secondary N) is 1. The van der Waals surface area contributed by atoms with E-state index >= 15 is 0 Å². The number of ether oxygens (including phenoxy) is 1. The first-order chi connectivity index (χ1) is 17.2. The van der Waals surface area contributed by atoms with Gasteiger partial charge in [-0.1, -0.05) is 41.6 Å². The summed E-state index contributed by atoms with van der Waals surface area (Å²) in [6.07, 6.45) is -1.63. The Morgan fingerprint density at radius 1 is 1.03 bits per heavy atom. The number of aromatic nitrogens is 1. The summed E-state index contributed by atoms with van der Waals surface area (Å²) in [7, 11) is 1.26. The number of rotatable bonds is 8. The van der Waals surface area contributed by atoms with Crippen LogP contribution in [0.3, 0.4) is 0 Å². The highest BCUT2D eigenvalue weighted by molar-refractivity contribution is 5.94. The molecule has 0 spiro atoms. The standard InChI is InChI=1S/C27H25F3N2O4/c1-16(33)21-4-3-5-23(21)31-15-24-22(25(36-32-24)26(34)35-2)14-17-6-8-18(9-7-17)19-10-12-20(13-11-19)27(28,29)30/h6-13,31H,3-5,14-15H2,1-2H3. The molecule has 0 saturated heterocycles. The molecule has 4 rings (SSSR count). The van der Waals surface area contributed by atoms with Gasteiger partial charge in [-0.25, -0.2) is 4.79 Å². The van der Waals surface area contributed by atoms with Crippen molar-refractivity contribution in [2.75, 3.05) is 7.11 Å². The zero-order valence-corrected chi connectivity index (χ0v) is 19.9. The van der Waals surface area contributed by atoms with Gasteiger partial charge in [0.1, 0.15) is 5.69 Å². The smallest absolute Gasteiger partial charge is 0.416 e. The summed E-state index contributed by atoms with van der Waals surface area (Å²) >= 11 is 0. The largest absolute Gasteiger partial charge is 0.463 e. The maximum atomic E-state index is 12.8. The van der Waals surface area contributed by atoms with E-state index in [-0.39, 0.29) is 18.1 Å². The maximum absolute atomic E-state index is 12.8. The summed E-state index contributed by atoms with van der Waals surface area (Å²) in [6, 6.07) is 12.3. The van der Waals surface area contributed by atoms with Crippen molar-refractivity contribution in [3.8, 4) is 11.1 Å². The van der Waals surface area contributed by atoms with Crippen LogP contribution in [0.15, 0.2) is 64.3 Å². The Morgan fingerprint density at radius 2 is 1.67 bits per heavy atom. The van der Waals surface area contributed by atoms with Crippen molar-refractivity contribution < 1.29 is 32.0 Å². The van der Waals surface area contributed by atoms with Crippen molar-refractivity contribution in [1.82, 2.24) is 10.5 Å². The van der Waals surface area contributed by atoms with Gasteiger partial charge in [-0.15, -0.1) is 0 Å². The number of alkyl halides is 3. The predicted octanol–water partition coefficient (Wildman–Crippen LogP) is 5.85. The van der Waals surface area contributed by atoms with Crippen LogP contribution in [0.5, 0.6) is 0 Å². The average Bonchev–Trinajstić information content (AvgIpc) is 3.49. The molecule has 1 N–H and O–H groups in total. The number of halogens is 3. The topological polar surface area (TPSA) is 81.4 Å². The van der Waals surface area contributed by atoms with Crippen molar-refractivity contribution in [3.05, 3.63) is 87.9 Å². The highest BCUT2D eigenvalue weighted by atomic mass is 19.4. The molecule has 0 unspecified atom stereocenters. The van der Waals surface area contributed by atoms with Crippen LogP contribution in [0.4, 0.5) is 13.2 Å². The number of Topliss-reactive ketones (excluding diaryl/α,β-unsaturated/α-hetero) is 1. The fourth-order valence-electron chi connectivity index (χ4n) is 4.30. The Kier molecular flexibility index (Phi) is 7.28. The van der Waals surface area contributed by atoms with Crippen molar-refractivity contribution in [2.24, 2.45) is 0 Å². The number of carbonyl (C=O) groups excluding carboxylic acids is 2. The number of nitrogens with zero attached hydrogens (tertiary/aromatic N) is 1. The van der Waals surface area contributed by atoms with Crippen LogP contribution in [-0.2, 0) is 28.7 Å². The molecule has 1 aromatic heterocycles. The summed E-state index contributed by atoms with van der Waals surface area (Å²) in [6.45, 7) is 1.83. The van der Waals surface area contributed by atoms with Crippen LogP contribution >= 0.6 is 0 Å². The molecule has 36 heavy (non-hydrogen) atoms. The Hall–Kier alpha value is -3.88. The molecule has 0 amide bonds. The van der Waals surface area contributed by atoms with E-state index < -0.39 is 17.7 Å². The molecule has 2 aromatic carbocycles. The third-order valence-corrected chi connectivity index (χ3v) is 6.23. The first kappa shape index (κ1) is 25.2. The number of benzene rings is 2. The Bertz CT molecular complexity index is 1290. The molecule has 1 heterocycles. The zero-order chi connectivity index (χ0) is 25.9. The fraction of sp³-hybridized carbons (Fsp3) is 0.296. The van der Waals surface area contributed by atoms with Gasteiger partial charge in [0.2, 0.25) is 5.76 Å². The lowest BCUT2D eigenvalue weighted by Crippen LogP contribution is -2.16. The fourth-order valence-corrected chi connectivity index (χ4v) is 4.30. The first-order valence-electron chi connectivity index (χ1n) is 11.5. The molecule has 3 aromatic rings. The second-order valence-electron chi connectivity index (χ2n) is 8.60. The van der Waals surface area contributed by atoms with Crippen LogP contribution in [0.25, 0.3) is 11.1 Å². The quantitative estimate of drug-likeness (QED) is 0.392. The number of hydrogen-bond acceptors (Lipinski definition) is 6. The van der Waals surface area contributed by atoms with Gasteiger partial charge in [0.25, 0.3) is 0 Å². The van der Waals surface area contributed by atoms with Crippen LogP contribution in [0, 0.1) is 0 Å². The summed E-state index contributed by atoms with van der Waals surface area (Å²) in [4.78, 5) is 24.1. The lowest BCUT2D eigenvalue weighted by Gasteiger charge is -2.10. The molecule has 0 aliphatic heterocycles. The number of ketones is 1. The number of allylic oxidation sites excluding steroid dienone is 2.